The summed E-state index contributed by atoms with van der Waals surface area (Å²) in [7, 11) is 0. The van der Waals surface area contributed by atoms with Gasteiger partial charge in [-0.3, -0.25) is 4.98 Å². The van der Waals surface area contributed by atoms with Gasteiger partial charge in [-0.05, 0) is 30.8 Å². The molecular weight excluding hydrogens is 172 g/mol. The van der Waals surface area contributed by atoms with Gasteiger partial charge >= 0.3 is 0 Å². The second-order valence-corrected chi connectivity index (χ2v) is 3.42. The number of aromatic nitrogens is 1. The summed E-state index contributed by atoms with van der Waals surface area (Å²) in [6.07, 6.45) is 3.91. The van der Waals surface area contributed by atoms with Crippen molar-refractivity contribution in [2.24, 2.45) is 5.73 Å². The first-order valence-electron chi connectivity index (χ1n) is 4.94. The van der Waals surface area contributed by atoms with Crippen molar-refractivity contribution in [3.63, 3.8) is 0 Å². The maximum absolute atomic E-state index is 5.46. The van der Waals surface area contributed by atoms with Gasteiger partial charge in [-0.15, -0.1) is 0 Å². The van der Waals surface area contributed by atoms with Gasteiger partial charge in [0.2, 0.25) is 0 Å². The Balaban J connectivity index is 2.32. The zero-order chi connectivity index (χ0) is 9.80. The Labute approximate surface area is 83.8 Å². The van der Waals surface area contributed by atoms with Crippen LogP contribution in [0.1, 0.15) is 12.1 Å². The molecule has 0 aliphatic carbocycles. The van der Waals surface area contributed by atoms with Crippen molar-refractivity contribution in [2.75, 3.05) is 6.54 Å². The van der Waals surface area contributed by atoms with Crippen molar-refractivity contribution in [1.29, 1.82) is 0 Å². The molecular formula is C12H14N2. The molecule has 0 bridgehead atoms. The first-order chi connectivity index (χ1) is 6.90. The van der Waals surface area contributed by atoms with Crippen LogP contribution in [-0.2, 0) is 6.42 Å². The number of fused-ring (bicyclic) bond motifs is 1. The Bertz CT molecular complexity index is 423. The van der Waals surface area contributed by atoms with Crippen LogP contribution < -0.4 is 5.73 Å². The molecule has 2 aromatic rings. The lowest BCUT2D eigenvalue weighted by Gasteiger charge is -2.01. The lowest BCUT2D eigenvalue weighted by Crippen LogP contribution is -2.01. The molecule has 0 aliphatic rings. The molecule has 2 rings (SSSR count). The largest absolute Gasteiger partial charge is 0.330 e. The number of benzene rings is 1. The molecule has 0 fully saturated rings. The number of hydrogen-bond donors (Lipinski definition) is 1. The van der Waals surface area contributed by atoms with Crippen LogP contribution in [0.4, 0.5) is 0 Å². The topological polar surface area (TPSA) is 38.9 Å². The summed E-state index contributed by atoms with van der Waals surface area (Å²) in [5, 5.41) is 2.46. The number of pyridine rings is 1. The zero-order valence-corrected chi connectivity index (χ0v) is 8.11. The van der Waals surface area contributed by atoms with Gasteiger partial charge in [0.05, 0.1) is 0 Å². The molecule has 0 atom stereocenters. The Morgan fingerprint density at radius 3 is 2.71 bits per heavy atom. The van der Waals surface area contributed by atoms with Crippen molar-refractivity contribution in [2.45, 2.75) is 12.8 Å². The predicted octanol–water partition coefficient (Wildman–Crippen LogP) is 2.13. The minimum Gasteiger partial charge on any atom is -0.330 e. The maximum atomic E-state index is 5.46. The van der Waals surface area contributed by atoms with Crippen molar-refractivity contribution in [3.05, 3.63) is 42.2 Å². The highest BCUT2D eigenvalue weighted by Crippen LogP contribution is 2.13. The summed E-state index contributed by atoms with van der Waals surface area (Å²) in [5.41, 5.74) is 6.59. The van der Waals surface area contributed by atoms with E-state index in [9.17, 15) is 0 Å². The number of rotatable bonds is 3. The van der Waals surface area contributed by atoms with Crippen LogP contribution >= 0.6 is 0 Å². The minimum absolute atomic E-state index is 0.731. The Kier molecular flexibility index (Phi) is 2.75. The molecule has 72 valence electrons. The standard InChI is InChI=1S/C12H14N2/c13-7-3-6-12-8-10-4-1-2-5-11(10)9-14-12/h1-2,4-5,8-9H,3,6-7,13H2. The van der Waals surface area contributed by atoms with Crippen LogP contribution in [-0.4, -0.2) is 11.5 Å². The van der Waals surface area contributed by atoms with Gasteiger partial charge in [0, 0.05) is 17.3 Å². The van der Waals surface area contributed by atoms with Gasteiger partial charge in [-0.25, -0.2) is 0 Å². The van der Waals surface area contributed by atoms with Gasteiger partial charge in [-0.1, -0.05) is 24.3 Å². The van der Waals surface area contributed by atoms with Crippen molar-refractivity contribution < 1.29 is 0 Å². The van der Waals surface area contributed by atoms with Crippen LogP contribution in [0, 0.1) is 0 Å². The van der Waals surface area contributed by atoms with E-state index in [2.05, 4.69) is 29.2 Å². The van der Waals surface area contributed by atoms with E-state index in [1.807, 2.05) is 12.3 Å². The Morgan fingerprint density at radius 2 is 1.93 bits per heavy atom. The molecule has 1 aromatic heterocycles. The maximum Gasteiger partial charge on any atom is 0.0410 e. The molecule has 0 unspecified atom stereocenters. The second-order valence-electron chi connectivity index (χ2n) is 3.42. The van der Waals surface area contributed by atoms with Gasteiger partial charge in [-0.2, -0.15) is 0 Å². The third kappa shape index (κ3) is 1.91. The monoisotopic (exact) mass is 186 g/mol. The lowest BCUT2D eigenvalue weighted by atomic mass is 10.1. The van der Waals surface area contributed by atoms with E-state index in [1.54, 1.807) is 0 Å². The van der Waals surface area contributed by atoms with Crippen molar-refractivity contribution in [1.82, 2.24) is 4.98 Å². The minimum atomic E-state index is 0.731. The Morgan fingerprint density at radius 1 is 1.14 bits per heavy atom. The molecule has 2 heteroatoms. The van der Waals surface area contributed by atoms with Gasteiger partial charge in [0.15, 0.2) is 0 Å². The number of aryl methyl sites for hydroxylation is 1. The fourth-order valence-electron chi connectivity index (χ4n) is 1.55. The molecule has 1 heterocycles. The van der Waals surface area contributed by atoms with E-state index in [4.69, 9.17) is 5.73 Å². The van der Waals surface area contributed by atoms with Crippen LogP contribution in [0.15, 0.2) is 36.5 Å². The summed E-state index contributed by atoms with van der Waals surface area (Å²) in [6.45, 7) is 0.731. The van der Waals surface area contributed by atoms with Gasteiger partial charge < -0.3 is 5.73 Å². The molecule has 14 heavy (non-hydrogen) atoms. The average molecular weight is 186 g/mol. The molecule has 0 saturated carbocycles. The summed E-state index contributed by atoms with van der Waals surface area (Å²) in [6, 6.07) is 10.4. The second kappa shape index (κ2) is 4.20. The van der Waals surface area contributed by atoms with Crippen LogP contribution in [0.3, 0.4) is 0 Å². The van der Waals surface area contributed by atoms with Crippen molar-refractivity contribution >= 4 is 10.8 Å². The quantitative estimate of drug-likeness (QED) is 0.797. The third-order valence-corrected chi connectivity index (χ3v) is 2.32. The van der Waals surface area contributed by atoms with E-state index in [-0.39, 0.29) is 0 Å². The first kappa shape index (κ1) is 9.16. The van der Waals surface area contributed by atoms with Crippen LogP contribution in [0.25, 0.3) is 10.8 Å². The molecule has 0 aliphatic heterocycles. The number of nitrogens with two attached hydrogens (primary N) is 1. The smallest absolute Gasteiger partial charge is 0.0410 e. The molecule has 2 N–H and O–H groups in total. The van der Waals surface area contributed by atoms with E-state index in [0.29, 0.717) is 0 Å². The van der Waals surface area contributed by atoms with Gasteiger partial charge in [0.25, 0.3) is 0 Å². The Hall–Kier alpha value is -1.41. The highest BCUT2D eigenvalue weighted by Gasteiger charge is 1.96. The van der Waals surface area contributed by atoms with E-state index in [0.717, 1.165) is 25.1 Å². The highest BCUT2D eigenvalue weighted by molar-refractivity contribution is 5.81. The van der Waals surface area contributed by atoms with E-state index >= 15 is 0 Å². The fraction of sp³-hybridized carbons (Fsp3) is 0.250. The summed E-state index contributed by atoms with van der Waals surface area (Å²) in [5.74, 6) is 0. The van der Waals surface area contributed by atoms with Crippen LogP contribution in [0.5, 0.6) is 0 Å². The van der Waals surface area contributed by atoms with Crippen molar-refractivity contribution in [3.8, 4) is 0 Å². The predicted molar refractivity (Wildman–Crippen MR) is 59.1 cm³/mol. The molecule has 0 amide bonds. The normalized spacial score (nSPS) is 10.6. The summed E-state index contributed by atoms with van der Waals surface area (Å²) in [4.78, 5) is 4.39. The van der Waals surface area contributed by atoms with E-state index in [1.165, 1.54) is 10.8 Å². The average Bonchev–Trinajstić information content (AvgIpc) is 2.26. The van der Waals surface area contributed by atoms with E-state index < -0.39 is 0 Å². The molecule has 1 aromatic carbocycles. The molecule has 0 radical (unpaired) electrons. The van der Waals surface area contributed by atoms with Gasteiger partial charge in [0.1, 0.15) is 0 Å². The summed E-state index contributed by atoms with van der Waals surface area (Å²) < 4.78 is 0. The SMILES string of the molecule is NCCCc1cc2ccccc2cn1. The number of nitrogens with zero attached hydrogens (tertiary/aromatic N) is 1. The molecule has 0 saturated heterocycles. The first-order valence-corrected chi connectivity index (χ1v) is 4.94. The third-order valence-electron chi connectivity index (χ3n) is 2.32. The lowest BCUT2D eigenvalue weighted by molar-refractivity contribution is 0.812. The van der Waals surface area contributed by atoms with Crippen LogP contribution in [0.2, 0.25) is 0 Å². The molecule has 0 spiro atoms. The number of hydrogen-bond acceptors (Lipinski definition) is 2. The molecule has 2 nitrogen and oxygen atoms in total. The zero-order valence-electron chi connectivity index (χ0n) is 8.11. The summed E-state index contributed by atoms with van der Waals surface area (Å²) >= 11 is 0. The fourth-order valence-corrected chi connectivity index (χ4v) is 1.55. The highest BCUT2D eigenvalue weighted by atomic mass is 14.7.